The number of nitrogens with zero attached hydrogens (tertiary/aromatic N) is 1. The Labute approximate surface area is 134 Å². The number of halogens is 1. The van der Waals surface area contributed by atoms with Crippen LogP contribution in [-0.2, 0) is 21.4 Å². The topological polar surface area (TPSA) is 66.8 Å². The average molecular weight is 378 g/mol. The number of rotatable bonds is 3. The van der Waals surface area contributed by atoms with Crippen molar-refractivity contribution in [2.45, 2.75) is 37.9 Å². The largest absolute Gasteiger partial charge is 0.392 e. The summed E-state index contributed by atoms with van der Waals surface area (Å²) in [4.78, 5) is 0.209. The standard InChI is InChI=1S/C14H20BrNO4S/c1-10-6-12(9-17)7-13(14(10)15)21(18,19)16-4-3-5-20-11(2)8-16/h6-7,11,17H,3-5,8-9H2,1-2H3. The Hall–Kier alpha value is -0.470. The smallest absolute Gasteiger partial charge is 0.244 e. The Kier molecular flexibility index (Phi) is 5.43. The van der Waals surface area contributed by atoms with Gasteiger partial charge in [-0.1, -0.05) is 6.07 Å². The minimum absolute atomic E-state index is 0.122. The van der Waals surface area contributed by atoms with Gasteiger partial charge in [0.25, 0.3) is 0 Å². The zero-order valence-electron chi connectivity index (χ0n) is 12.2. The summed E-state index contributed by atoms with van der Waals surface area (Å²) < 4.78 is 33.3. The van der Waals surface area contributed by atoms with E-state index in [4.69, 9.17) is 4.74 Å². The summed E-state index contributed by atoms with van der Waals surface area (Å²) in [6, 6.07) is 3.31. The van der Waals surface area contributed by atoms with E-state index >= 15 is 0 Å². The summed E-state index contributed by atoms with van der Waals surface area (Å²) in [7, 11) is -3.61. The summed E-state index contributed by atoms with van der Waals surface area (Å²) in [6.45, 7) is 4.87. The maximum absolute atomic E-state index is 12.9. The van der Waals surface area contributed by atoms with E-state index in [-0.39, 0.29) is 17.6 Å². The highest BCUT2D eigenvalue weighted by atomic mass is 79.9. The molecule has 1 unspecified atom stereocenters. The number of aryl methyl sites for hydroxylation is 1. The molecule has 2 rings (SSSR count). The van der Waals surface area contributed by atoms with Crippen LogP contribution in [0.25, 0.3) is 0 Å². The van der Waals surface area contributed by atoms with Crippen LogP contribution in [0, 0.1) is 6.92 Å². The van der Waals surface area contributed by atoms with Crippen LogP contribution < -0.4 is 0 Å². The molecule has 0 aromatic heterocycles. The molecule has 1 fully saturated rings. The summed E-state index contributed by atoms with van der Waals surface area (Å²) in [6.07, 6.45) is 0.558. The van der Waals surface area contributed by atoms with Gasteiger partial charge in [-0.15, -0.1) is 0 Å². The van der Waals surface area contributed by atoms with Gasteiger partial charge < -0.3 is 9.84 Å². The number of aliphatic hydroxyl groups is 1. The molecule has 7 heteroatoms. The molecule has 0 saturated carbocycles. The molecule has 0 spiro atoms. The van der Waals surface area contributed by atoms with Gasteiger partial charge in [-0.25, -0.2) is 8.42 Å². The molecule has 5 nitrogen and oxygen atoms in total. The quantitative estimate of drug-likeness (QED) is 0.874. The third-order valence-corrected chi connectivity index (χ3v) is 6.70. The van der Waals surface area contributed by atoms with Crippen LogP contribution in [-0.4, -0.2) is 43.6 Å². The minimum Gasteiger partial charge on any atom is -0.392 e. The lowest BCUT2D eigenvalue weighted by molar-refractivity contribution is 0.0752. The molecular formula is C14H20BrNO4S. The normalized spacial score (nSPS) is 21.2. The second kappa shape index (κ2) is 6.75. The highest BCUT2D eigenvalue weighted by Crippen LogP contribution is 2.30. The molecule has 1 N–H and O–H groups in total. The Morgan fingerprint density at radius 1 is 1.48 bits per heavy atom. The zero-order chi connectivity index (χ0) is 15.6. The van der Waals surface area contributed by atoms with Crippen LogP contribution in [0.4, 0.5) is 0 Å². The Morgan fingerprint density at radius 3 is 2.86 bits per heavy atom. The third-order valence-electron chi connectivity index (χ3n) is 3.50. The van der Waals surface area contributed by atoms with Gasteiger partial charge in [0, 0.05) is 24.2 Å². The first-order valence-corrected chi connectivity index (χ1v) is 9.11. The zero-order valence-corrected chi connectivity index (χ0v) is 14.6. The predicted molar refractivity (Wildman–Crippen MR) is 83.6 cm³/mol. The van der Waals surface area contributed by atoms with Gasteiger partial charge in [-0.3, -0.25) is 0 Å². The van der Waals surface area contributed by atoms with Crippen LogP contribution in [0.15, 0.2) is 21.5 Å². The molecule has 0 radical (unpaired) electrons. The Morgan fingerprint density at radius 2 is 2.19 bits per heavy atom. The molecule has 1 heterocycles. The Bertz CT molecular complexity index is 618. The SMILES string of the molecule is Cc1cc(CO)cc(S(=O)(=O)N2CCCOC(C)C2)c1Br. The van der Waals surface area contributed by atoms with Crippen LogP contribution in [0.5, 0.6) is 0 Å². The average Bonchev–Trinajstić information content (AvgIpc) is 2.66. The van der Waals surface area contributed by atoms with E-state index in [1.54, 1.807) is 6.07 Å². The minimum atomic E-state index is -3.61. The molecule has 1 aliphatic rings. The van der Waals surface area contributed by atoms with Crippen LogP contribution in [0.3, 0.4) is 0 Å². The van der Waals surface area contributed by atoms with Crippen molar-refractivity contribution in [2.24, 2.45) is 0 Å². The molecule has 1 saturated heterocycles. The van der Waals surface area contributed by atoms with Gasteiger partial charge in [0.2, 0.25) is 10.0 Å². The number of ether oxygens (including phenoxy) is 1. The lowest BCUT2D eigenvalue weighted by Crippen LogP contribution is -2.36. The van der Waals surface area contributed by atoms with Crippen LogP contribution >= 0.6 is 15.9 Å². The van der Waals surface area contributed by atoms with Gasteiger partial charge in [-0.2, -0.15) is 4.31 Å². The Balaban J connectivity index is 2.45. The highest BCUT2D eigenvalue weighted by Gasteiger charge is 2.30. The van der Waals surface area contributed by atoms with E-state index in [0.717, 1.165) is 5.56 Å². The number of sulfonamides is 1. The van der Waals surface area contributed by atoms with Crippen LogP contribution in [0.2, 0.25) is 0 Å². The molecule has 1 atom stereocenters. The monoisotopic (exact) mass is 377 g/mol. The maximum Gasteiger partial charge on any atom is 0.244 e. The summed E-state index contributed by atoms with van der Waals surface area (Å²) in [5.74, 6) is 0. The van der Waals surface area contributed by atoms with E-state index in [2.05, 4.69) is 15.9 Å². The highest BCUT2D eigenvalue weighted by molar-refractivity contribution is 9.10. The maximum atomic E-state index is 12.9. The van der Waals surface area contributed by atoms with Gasteiger partial charge in [0.1, 0.15) is 0 Å². The summed E-state index contributed by atoms with van der Waals surface area (Å²) >= 11 is 3.36. The molecule has 1 aromatic rings. The molecule has 1 aliphatic heterocycles. The summed E-state index contributed by atoms with van der Waals surface area (Å²) in [5, 5.41) is 9.30. The van der Waals surface area contributed by atoms with Gasteiger partial charge in [0.05, 0.1) is 17.6 Å². The molecule has 0 aliphatic carbocycles. The molecule has 0 amide bonds. The fraction of sp³-hybridized carbons (Fsp3) is 0.571. The van der Waals surface area contributed by atoms with Crippen molar-refractivity contribution < 1.29 is 18.3 Å². The van der Waals surface area contributed by atoms with E-state index in [1.807, 2.05) is 13.8 Å². The predicted octanol–water partition coefficient (Wildman–Crippen LogP) is 2.05. The first-order valence-electron chi connectivity index (χ1n) is 6.88. The van der Waals surface area contributed by atoms with Crippen molar-refractivity contribution in [3.63, 3.8) is 0 Å². The second-order valence-corrected chi connectivity index (χ2v) is 7.98. The van der Waals surface area contributed by atoms with Crippen molar-refractivity contribution in [1.29, 1.82) is 0 Å². The van der Waals surface area contributed by atoms with Crippen molar-refractivity contribution in [2.75, 3.05) is 19.7 Å². The second-order valence-electron chi connectivity index (χ2n) is 5.28. The van der Waals surface area contributed by atoms with E-state index < -0.39 is 10.0 Å². The van der Waals surface area contributed by atoms with E-state index in [1.165, 1.54) is 10.4 Å². The van der Waals surface area contributed by atoms with E-state index in [9.17, 15) is 13.5 Å². The number of hydrogen-bond donors (Lipinski definition) is 1. The van der Waals surface area contributed by atoms with Crippen molar-refractivity contribution in [3.8, 4) is 0 Å². The van der Waals surface area contributed by atoms with Gasteiger partial charge >= 0.3 is 0 Å². The van der Waals surface area contributed by atoms with Crippen molar-refractivity contribution >= 4 is 26.0 Å². The number of benzene rings is 1. The number of hydrogen-bond acceptors (Lipinski definition) is 4. The van der Waals surface area contributed by atoms with Gasteiger partial charge in [-0.05, 0) is 53.4 Å². The van der Waals surface area contributed by atoms with Crippen LogP contribution in [0.1, 0.15) is 24.5 Å². The lowest BCUT2D eigenvalue weighted by atomic mass is 10.1. The molecule has 118 valence electrons. The number of aliphatic hydroxyl groups excluding tert-OH is 1. The fourth-order valence-electron chi connectivity index (χ4n) is 2.40. The van der Waals surface area contributed by atoms with Gasteiger partial charge in [0.15, 0.2) is 0 Å². The molecule has 1 aromatic carbocycles. The van der Waals surface area contributed by atoms with E-state index in [0.29, 0.717) is 36.2 Å². The molecular weight excluding hydrogens is 358 g/mol. The fourth-order valence-corrected chi connectivity index (χ4v) is 4.99. The molecule has 21 heavy (non-hydrogen) atoms. The van der Waals surface area contributed by atoms with Crippen molar-refractivity contribution in [3.05, 3.63) is 27.7 Å². The summed E-state index contributed by atoms with van der Waals surface area (Å²) in [5.41, 5.74) is 1.38. The van der Waals surface area contributed by atoms with Crippen molar-refractivity contribution in [1.82, 2.24) is 4.31 Å². The third kappa shape index (κ3) is 3.65. The lowest BCUT2D eigenvalue weighted by Gasteiger charge is -2.23. The molecule has 0 bridgehead atoms. The first kappa shape index (κ1) is 16.9. The first-order chi connectivity index (χ1) is 9.86.